The minimum atomic E-state index is -0.916. The molecule has 1 atom stereocenters. The fourth-order valence-electron chi connectivity index (χ4n) is 4.09. The maximum atomic E-state index is 13.2. The van der Waals surface area contributed by atoms with Crippen molar-refractivity contribution < 1.29 is 34.1 Å². The molecule has 0 aliphatic carbocycles. The summed E-state index contributed by atoms with van der Waals surface area (Å²) in [6.45, 7) is 0.0419. The van der Waals surface area contributed by atoms with Gasteiger partial charge in [-0.2, -0.15) is 0 Å². The van der Waals surface area contributed by atoms with Gasteiger partial charge in [0.15, 0.2) is 0 Å². The van der Waals surface area contributed by atoms with Crippen molar-refractivity contribution in [1.29, 1.82) is 0 Å². The Kier molecular flexibility index (Phi) is 6.55. The minimum absolute atomic E-state index is 0.0221. The molecular weight excluding hydrogens is 450 g/mol. The van der Waals surface area contributed by atoms with E-state index in [1.165, 1.54) is 31.3 Å². The summed E-state index contributed by atoms with van der Waals surface area (Å²) < 4.78 is 10.0. The number of ketones is 1. The van der Waals surface area contributed by atoms with E-state index < -0.39 is 23.7 Å². The zero-order valence-electron chi connectivity index (χ0n) is 19.1. The zero-order valence-corrected chi connectivity index (χ0v) is 19.1. The van der Waals surface area contributed by atoms with Crippen LogP contribution in [0.2, 0.25) is 0 Å². The predicted octanol–water partition coefficient (Wildman–Crippen LogP) is 3.81. The van der Waals surface area contributed by atoms with E-state index in [0.29, 0.717) is 22.4 Å². The van der Waals surface area contributed by atoms with E-state index in [2.05, 4.69) is 0 Å². The number of hydrogen-bond acceptors (Lipinski definition) is 7. The van der Waals surface area contributed by atoms with Gasteiger partial charge in [0.25, 0.3) is 11.7 Å². The molecule has 8 nitrogen and oxygen atoms in total. The van der Waals surface area contributed by atoms with Gasteiger partial charge in [0.1, 0.15) is 17.3 Å². The first-order valence-corrected chi connectivity index (χ1v) is 10.7. The number of aliphatic hydroxyl groups is 1. The molecule has 8 heteroatoms. The number of likely N-dealkylation sites (tertiary alicyclic amines) is 1. The number of Topliss-reactive ketones (excluding diaryl/α,β-unsaturated/α-hetero) is 1. The van der Waals surface area contributed by atoms with Gasteiger partial charge in [0.2, 0.25) is 0 Å². The number of phenols is 1. The minimum Gasteiger partial charge on any atom is -0.508 e. The van der Waals surface area contributed by atoms with Gasteiger partial charge in [0.05, 0.1) is 37.0 Å². The second-order valence-electron chi connectivity index (χ2n) is 7.91. The third kappa shape index (κ3) is 4.46. The number of hydrogen-bond donors (Lipinski definition) is 2. The Hall–Kier alpha value is -4.59. The van der Waals surface area contributed by atoms with Crippen LogP contribution in [0.25, 0.3) is 5.76 Å². The van der Waals surface area contributed by atoms with Gasteiger partial charge in [-0.25, -0.2) is 4.79 Å². The smallest absolute Gasteiger partial charge is 0.337 e. The molecule has 178 valence electrons. The topological polar surface area (TPSA) is 113 Å². The SMILES string of the molecule is COC(=O)c1ccc(CN2C(=O)C(=O)/C(=C(/O)c3ccccc3OC)C2c2ccc(O)cc2)cc1. The molecule has 3 aromatic carbocycles. The van der Waals surface area contributed by atoms with Crippen LogP contribution in [0.3, 0.4) is 0 Å². The molecule has 1 saturated heterocycles. The molecule has 2 N–H and O–H groups in total. The Morgan fingerprint density at radius 1 is 0.943 bits per heavy atom. The van der Waals surface area contributed by atoms with Crippen LogP contribution >= 0.6 is 0 Å². The monoisotopic (exact) mass is 473 g/mol. The lowest BCUT2D eigenvalue weighted by atomic mass is 9.94. The summed E-state index contributed by atoms with van der Waals surface area (Å²) in [4.78, 5) is 39.4. The number of benzene rings is 3. The maximum Gasteiger partial charge on any atom is 0.337 e. The number of aliphatic hydroxyl groups excluding tert-OH is 1. The first kappa shape index (κ1) is 23.6. The Morgan fingerprint density at radius 2 is 1.60 bits per heavy atom. The van der Waals surface area contributed by atoms with Crippen LogP contribution in [0.1, 0.15) is 33.1 Å². The second-order valence-corrected chi connectivity index (χ2v) is 7.91. The van der Waals surface area contributed by atoms with E-state index in [9.17, 15) is 24.6 Å². The summed E-state index contributed by atoms with van der Waals surface area (Å²) in [7, 11) is 2.73. The molecule has 1 aliphatic heterocycles. The Labute approximate surface area is 201 Å². The number of rotatable bonds is 6. The van der Waals surface area contributed by atoms with Gasteiger partial charge in [-0.05, 0) is 47.5 Å². The van der Waals surface area contributed by atoms with Crippen LogP contribution < -0.4 is 4.74 Å². The number of carbonyl (C=O) groups is 3. The number of ether oxygens (including phenoxy) is 2. The highest BCUT2D eigenvalue weighted by Gasteiger charge is 2.46. The van der Waals surface area contributed by atoms with Crippen LogP contribution in [0.5, 0.6) is 11.5 Å². The summed E-state index contributed by atoms with van der Waals surface area (Å²) >= 11 is 0. The number of phenolic OH excluding ortho intramolecular Hbond substituents is 1. The lowest BCUT2D eigenvalue weighted by Crippen LogP contribution is -2.29. The summed E-state index contributed by atoms with van der Waals surface area (Å²) in [5.74, 6) is -2.09. The summed E-state index contributed by atoms with van der Waals surface area (Å²) in [5, 5.41) is 21.0. The van der Waals surface area contributed by atoms with Crippen molar-refractivity contribution >= 4 is 23.4 Å². The first-order valence-electron chi connectivity index (χ1n) is 10.7. The number of amides is 1. The van der Waals surface area contributed by atoms with Gasteiger partial charge >= 0.3 is 5.97 Å². The maximum absolute atomic E-state index is 13.2. The third-order valence-electron chi connectivity index (χ3n) is 5.84. The van der Waals surface area contributed by atoms with Crippen LogP contribution in [-0.4, -0.2) is 47.0 Å². The fourth-order valence-corrected chi connectivity index (χ4v) is 4.09. The number of esters is 1. The third-order valence-corrected chi connectivity index (χ3v) is 5.84. The summed E-state index contributed by atoms with van der Waals surface area (Å²) in [6.07, 6.45) is 0. The van der Waals surface area contributed by atoms with Crippen molar-refractivity contribution in [3.8, 4) is 11.5 Å². The Balaban J connectivity index is 1.82. The molecule has 0 bridgehead atoms. The average Bonchev–Trinajstić information content (AvgIpc) is 3.13. The highest BCUT2D eigenvalue weighted by atomic mass is 16.5. The molecule has 0 saturated carbocycles. The first-order chi connectivity index (χ1) is 16.8. The van der Waals surface area contributed by atoms with Crippen molar-refractivity contribution in [3.63, 3.8) is 0 Å². The largest absolute Gasteiger partial charge is 0.508 e. The summed E-state index contributed by atoms with van der Waals surface area (Å²) in [5.41, 5.74) is 1.74. The van der Waals surface area contributed by atoms with E-state index in [-0.39, 0.29) is 29.2 Å². The second kappa shape index (κ2) is 9.72. The normalized spacial score (nSPS) is 16.9. The van der Waals surface area contributed by atoms with Crippen LogP contribution in [0, 0.1) is 0 Å². The van der Waals surface area contributed by atoms with Crippen LogP contribution in [-0.2, 0) is 20.9 Å². The molecule has 35 heavy (non-hydrogen) atoms. The van der Waals surface area contributed by atoms with Crippen LogP contribution in [0.15, 0.2) is 78.4 Å². The van der Waals surface area contributed by atoms with Crippen molar-refractivity contribution in [2.75, 3.05) is 14.2 Å². The zero-order chi connectivity index (χ0) is 25.1. The van der Waals surface area contributed by atoms with Gasteiger partial charge in [-0.3, -0.25) is 9.59 Å². The molecule has 1 aliphatic rings. The molecular formula is C27H23NO7. The molecule has 1 amide bonds. The lowest BCUT2D eigenvalue weighted by molar-refractivity contribution is -0.140. The Morgan fingerprint density at radius 3 is 2.23 bits per heavy atom. The Bertz CT molecular complexity index is 1310. The number of nitrogens with zero attached hydrogens (tertiary/aromatic N) is 1. The van der Waals surface area contributed by atoms with Crippen molar-refractivity contribution in [1.82, 2.24) is 4.90 Å². The number of para-hydroxylation sites is 1. The van der Waals surface area contributed by atoms with Crippen molar-refractivity contribution in [3.05, 3.63) is 101 Å². The standard InChI is InChI=1S/C27H23NO7/c1-34-21-6-4-3-5-20(21)24(30)22-23(17-11-13-19(29)14-12-17)28(26(32)25(22)31)15-16-7-9-18(10-8-16)27(33)35-2/h3-14,23,29-30H,15H2,1-2H3/b24-22+. The van der Waals surface area contributed by atoms with E-state index in [1.54, 1.807) is 60.7 Å². The molecule has 1 unspecified atom stereocenters. The number of carbonyl (C=O) groups excluding carboxylic acids is 3. The molecule has 0 aromatic heterocycles. The van der Waals surface area contributed by atoms with Gasteiger partial charge in [0, 0.05) is 6.54 Å². The molecule has 0 radical (unpaired) electrons. The number of aromatic hydroxyl groups is 1. The average molecular weight is 473 g/mol. The highest BCUT2D eigenvalue weighted by Crippen LogP contribution is 2.41. The molecule has 0 spiro atoms. The predicted molar refractivity (Wildman–Crippen MR) is 127 cm³/mol. The number of methoxy groups -OCH3 is 2. The van der Waals surface area contributed by atoms with E-state index >= 15 is 0 Å². The molecule has 4 rings (SSSR count). The van der Waals surface area contributed by atoms with Gasteiger partial charge in [-0.15, -0.1) is 0 Å². The quantitative estimate of drug-likeness (QED) is 0.242. The molecule has 1 fully saturated rings. The van der Waals surface area contributed by atoms with Gasteiger partial charge < -0.3 is 24.6 Å². The van der Waals surface area contributed by atoms with E-state index in [1.807, 2.05) is 0 Å². The molecule has 3 aromatic rings. The van der Waals surface area contributed by atoms with Gasteiger partial charge in [-0.1, -0.05) is 36.4 Å². The lowest BCUT2D eigenvalue weighted by Gasteiger charge is -2.25. The molecule has 1 heterocycles. The van der Waals surface area contributed by atoms with Crippen LogP contribution in [0.4, 0.5) is 0 Å². The summed E-state index contributed by atoms with van der Waals surface area (Å²) in [6, 6.07) is 18.3. The van der Waals surface area contributed by atoms with Crippen molar-refractivity contribution in [2.45, 2.75) is 12.6 Å². The van der Waals surface area contributed by atoms with E-state index in [0.717, 1.165) is 0 Å². The van der Waals surface area contributed by atoms with Crippen molar-refractivity contribution in [2.24, 2.45) is 0 Å². The highest BCUT2D eigenvalue weighted by molar-refractivity contribution is 6.46. The van der Waals surface area contributed by atoms with E-state index in [4.69, 9.17) is 9.47 Å². The fraction of sp³-hybridized carbons (Fsp3) is 0.148.